The first-order valence-electron chi connectivity index (χ1n) is 9.87. The van der Waals surface area contributed by atoms with E-state index in [-0.39, 0.29) is 23.6 Å². The molecule has 2 heterocycles. The van der Waals surface area contributed by atoms with Gasteiger partial charge in [0.2, 0.25) is 5.91 Å². The summed E-state index contributed by atoms with van der Waals surface area (Å²) in [6.07, 6.45) is 3.25. The Morgan fingerprint density at radius 2 is 2.10 bits per heavy atom. The fourth-order valence-corrected chi connectivity index (χ4v) is 4.50. The molecule has 3 aromatic rings. The number of carbonyl (C=O) groups is 1. The van der Waals surface area contributed by atoms with Crippen molar-refractivity contribution in [2.24, 2.45) is 5.73 Å². The second kappa shape index (κ2) is 7.15. The molecule has 1 aliphatic rings. The largest absolute Gasteiger partial charge is 0.360 e. The molecular weight excluding hydrogens is 392 g/mol. The van der Waals surface area contributed by atoms with Gasteiger partial charge in [0.1, 0.15) is 16.7 Å². The minimum Gasteiger partial charge on any atom is -0.360 e. The van der Waals surface area contributed by atoms with Crippen molar-refractivity contribution in [2.45, 2.75) is 64.1 Å². The Bertz CT molecular complexity index is 1160. The van der Waals surface area contributed by atoms with E-state index in [9.17, 15) is 9.59 Å². The predicted molar refractivity (Wildman–Crippen MR) is 113 cm³/mol. The van der Waals surface area contributed by atoms with Crippen molar-refractivity contribution in [3.8, 4) is 0 Å². The van der Waals surface area contributed by atoms with Gasteiger partial charge in [0.15, 0.2) is 0 Å². The third kappa shape index (κ3) is 3.42. The Morgan fingerprint density at radius 3 is 2.83 bits per heavy atom. The van der Waals surface area contributed by atoms with Crippen LogP contribution >= 0.6 is 11.6 Å². The van der Waals surface area contributed by atoms with Crippen LogP contribution in [0.15, 0.2) is 27.5 Å². The van der Waals surface area contributed by atoms with Crippen LogP contribution in [0.5, 0.6) is 0 Å². The van der Waals surface area contributed by atoms with Gasteiger partial charge in [-0.2, -0.15) is 0 Å². The highest BCUT2D eigenvalue weighted by molar-refractivity contribution is 6.37. The zero-order valence-corrected chi connectivity index (χ0v) is 17.5. The van der Waals surface area contributed by atoms with Gasteiger partial charge in [-0.15, -0.1) is 0 Å². The number of aromatic nitrogens is 2. The number of halogens is 1. The summed E-state index contributed by atoms with van der Waals surface area (Å²) in [6, 6.07) is 5.40. The van der Waals surface area contributed by atoms with Crippen LogP contribution in [0.4, 0.5) is 0 Å². The first-order valence-corrected chi connectivity index (χ1v) is 10.2. The molecule has 1 aromatic carbocycles. The molecule has 1 saturated carbocycles. The second-order valence-corrected chi connectivity index (χ2v) is 8.89. The summed E-state index contributed by atoms with van der Waals surface area (Å²) in [5, 5.41) is 8.84. The molecule has 2 atom stereocenters. The quantitative estimate of drug-likeness (QED) is 0.680. The van der Waals surface area contributed by atoms with E-state index in [1.54, 1.807) is 31.4 Å². The molecule has 3 N–H and O–H groups in total. The van der Waals surface area contributed by atoms with Crippen molar-refractivity contribution in [1.29, 1.82) is 0 Å². The molecule has 2 unspecified atom stereocenters. The highest BCUT2D eigenvalue weighted by Gasteiger charge is 2.31. The fraction of sp³-hybridized carbons (Fsp3) is 0.476. The zero-order chi connectivity index (χ0) is 20.9. The van der Waals surface area contributed by atoms with Crippen molar-refractivity contribution < 1.29 is 9.32 Å². The molecule has 29 heavy (non-hydrogen) atoms. The van der Waals surface area contributed by atoms with Crippen LogP contribution in [-0.4, -0.2) is 27.2 Å². The number of hydrogen-bond donors (Lipinski definition) is 2. The van der Waals surface area contributed by atoms with Gasteiger partial charge in [0.25, 0.3) is 5.56 Å². The third-order valence-electron chi connectivity index (χ3n) is 5.72. The average molecular weight is 417 g/mol. The van der Waals surface area contributed by atoms with Crippen LogP contribution in [0.25, 0.3) is 21.8 Å². The van der Waals surface area contributed by atoms with Crippen LogP contribution in [-0.2, 0) is 4.79 Å². The van der Waals surface area contributed by atoms with Gasteiger partial charge in [-0.1, -0.05) is 22.8 Å². The summed E-state index contributed by atoms with van der Waals surface area (Å²) >= 11 is 6.49. The lowest BCUT2D eigenvalue weighted by Crippen LogP contribution is -2.53. The summed E-state index contributed by atoms with van der Waals surface area (Å²) in [6.45, 7) is 5.10. The molecule has 4 rings (SSSR count). The van der Waals surface area contributed by atoms with Gasteiger partial charge in [0.05, 0.1) is 16.1 Å². The number of aryl methyl sites for hydroxylation is 1. The van der Waals surface area contributed by atoms with E-state index in [4.69, 9.17) is 21.9 Å². The maximum atomic E-state index is 13.4. The van der Waals surface area contributed by atoms with Crippen molar-refractivity contribution in [3.05, 3.63) is 39.3 Å². The van der Waals surface area contributed by atoms with Crippen molar-refractivity contribution in [2.75, 3.05) is 0 Å². The van der Waals surface area contributed by atoms with Crippen LogP contribution in [0.2, 0.25) is 5.02 Å². The number of nitrogens with one attached hydrogen (secondary N) is 1. The van der Waals surface area contributed by atoms with Gasteiger partial charge in [-0.05, 0) is 58.6 Å². The molecule has 0 radical (unpaired) electrons. The zero-order valence-electron chi connectivity index (χ0n) is 16.8. The van der Waals surface area contributed by atoms with E-state index in [2.05, 4.69) is 10.5 Å². The number of amides is 1. The molecule has 0 spiro atoms. The molecule has 1 fully saturated rings. The Balaban J connectivity index is 1.82. The number of rotatable bonds is 3. The first-order chi connectivity index (χ1) is 13.7. The first kappa shape index (κ1) is 19.9. The number of carbonyl (C=O) groups excluding carboxylic acids is 1. The average Bonchev–Trinajstić information content (AvgIpc) is 3.03. The molecule has 1 aliphatic carbocycles. The summed E-state index contributed by atoms with van der Waals surface area (Å²) in [7, 11) is 0. The topological polar surface area (TPSA) is 103 Å². The van der Waals surface area contributed by atoms with E-state index in [0.717, 1.165) is 30.2 Å². The maximum Gasteiger partial charge on any atom is 0.264 e. The van der Waals surface area contributed by atoms with Crippen LogP contribution in [0.3, 0.4) is 0 Å². The SMILES string of the molecule is Cc1onc2c1c(=O)n(C1CCCC(NC(=O)C(C)(C)N)C1)c1cccc(Cl)c21. The highest BCUT2D eigenvalue weighted by atomic mass is 35.5. The Kier molecular flexibility index (Phi) is 4.91. The Morgan fingerprint density at radius 1 is 1.34 bits per heavy atom. The van der Waals surface area contributed by atoms with Gasteiger partial charge in [-0.3, -0.25) is 9.59 Å². The maximum absolute atomic E-state index is 13.4. The van der Waals surface area contributed by atoms with Crippen molar-refractivity contribution in [3.63, 3.8) is 0 Å². The minimum atomic E-state index is -0.942. The van der Waals surface area contributed by atoms with E-state index in [1.807, 2.05) is 12.1 Å². The number of benzene rings is 1. The Hall–Kier alpha value is -2.38. The lowest BCUT2D eigenvalue weighted by atomic mass is 9.89. The second-order valence-electron chi connectivity index (χ2n) is 8.48. The molecule has 0 saturated heterocycles. The number of nitrogens with two attached hydrogens (primary N) is 1. The smallest absolute Gasteiger partial charge is 0.264 e. The third-order valence-corrected chi connectivity index (χ3v) is 6.03. The molecule has 7 nitrogen and oxygen atoms in total. The van der Waals surface area contributed by atoms with E-state index < -0.39 is 5.54 Å². The summed E-state index contributed by atoms with van der Waals surface area (Å²) in [5.41, 5.74) is 6.08. The normalized spacial score (nSPS) is 20.3. The number of nitrogens with zero attached hydrogens (tertiary/aromatic N) is 2. The summed E-state index contributed by atoms with van der Waals surface area (Å²) in [5.74, 6) is 0.292. The van der Waals surface area contributed by atoms with Crippen LogP contribution in [0, 0.1) is 6.92 Å². The van der Waals surface area contributed by atoms with Crippen molar-refractivity contribution in [1.82, 2.24) is 15.0 Å². The lowest BCUT2D eigenvalue weighted by Gasteiger charge is -2.33. The number of fused-ring (bicyclic) bond motifs is 3. The number of hydrogen-bond acceptors (Lipinski definition) is 5. The predicted octanol–water partition coefficient (Wildman–Crippen LogP) is 3.44. The highest BCUT2D eigenvalue weighted by Crippen LogP contribution is 2.35. The summed E-state index contributed by atoms with van der Waals surface area (Å²) in [4.78, 5) is 25.8. The standard InChI is InChI=1S/C21H25ClN4O3/c1-11-16-18(25-29-11)17-14(22)8-5-9-15(17)26(19(16)27)13-7-4-6-12(10-13)24-20(28)21(2,3)23/h5,8-9,12-13H,4,6-7,10,23H2,1-3H3,(H,24,28). The fourth-order valence-electron chi connectivity index (χ4n) is 4.24. The van der Waals surface area contributed by atoms with Gasteiger partial charge in [-0.25, -0.2) is 0 Å². The molecule has 2 aromatic heterocycles. The molecular formula is C21H25ClN4O3. The molecule has 0 bridgehead atoms. The minimum absolute atomic E-state index is 0.0375. The van der Waals surface area contributed by atoms with E-state index in [1.165, 1.54) is 0 Å². The molecule has 0 aliphatic heterocycles. The van der Waals surface area contributed by atoms with Gasteiger partial charge >= 0.3 is 0 Å². The van der Waals surface area contributed by atoms with Crippen molar-refractivity contribution >= 4 is 39.3 Å². The molecule has 154 valence electrons. The van der Waals surface area contributed by atoms with Crippen LogP contribution < -0.4 is 16.6 Å². The summed E-state index contributed by atoms with van der Waals surface area (Å²) < 4.78 is 7.12. The Labute approximate surface area is 173 Å². The number of pyridine rings is 1. The monoisotopic (exact) mass is 416 g/mol. The van der Waals surface area contributed by atoms with Crippen LogP contribution in [0.1, 0.15) is 51.3 Å². The molecule has 8 heteroatoms. The lowest BCUT2D eigenvalue weighted by molar-refractivity contribution is -0.126. The molecule has 1 amide bonds. The van der Waals surface area contributed by atoms with Gasteiger partial charge < -0.3 is 20.1 Å². The van der Waals surface area contributed by atoms with Gasteiger partial charge in [0, 0.05) is 17.5 Å². The van der Waals surface area contributed by atoms with E-state index >= 15 is 0 Å². The van der Waals surface area contributed by atoms with E-state index in [0.29, 0.717) is 28.1 Å².